The lowest BCUT2D eigenvalue weighted by atomic mass is 9.84. The van der Waals surface area contributed by atoms with Crippen LogP contribution < -0.4 is 16.0 Å². The van der Waals surface area contributed by atoms with Crippen molar-refractivity contribution in [2.75, 3.05) is 0 Å². The quantitative estimate of drug-likeness (QED) is 0.173. The number of amides is 1. The van der Waals surface area contributed by atoms with Crippen molar-refractivity contribution in [1.82, 2.24) is 20.9 Å². The molecule has 0 spiro atoms. The molecule has 1 amide bonds. The Bertz CT molecular complexity index is 1590. The summed E-state index contributed by atoms with van der Waals surface area (Å²) in [7, 11) is 0. The van der Waals surface area contributed by atoms with Crippen molar-refractivity contribution in [1.29, 1.82) is 0 Å². The number of carbonyl (C=O) groups excluding carboxylic acids is 3. The van der Waals surface area contributed by atoms with Crippen molar-refractivity contribution in [3.05, 3.63) is 68.9 Å². The maximum Gasteiger partial charge on any atom is 0.326 e. The van der Waals surface area contributed by atoms with Crippen LogP contribution in [-0.4, -0.2) is 62.7 Å². The van der Waals surface area contributed by atoms with Crippen LogP contribution in [0, 0.1) is 24.7 Å². The predicted molar refractivity (Wildman–Crippen MR) is 161 cm³/mol. The van der Waals surface area contributed by atoms with Crippen LogP contribution >= 0.6 is 0 Å². The van der Waals surface area contributed by atoms with Gasteiger partial charge in [0.15, 0.2) is 0 Å². The fourth-order valence-corrected chi connectivity index (χ4v) is 7.62. The molecule has 1 saturated heterocycles. The minimum atomic E-state index is -1.09. The number of allylic oxidation sites excluding steroid dienone is 2. The van der Waals surface area contributed by atoms with Crippen molar-refractivity contribution in [2.24, 2.45) is 17.8 Å². The monoisotopic (exact) mass is 604 g/mol. The second-order valence-corrected chi connectivity index (χ2v) is 12.4. The van der Waals surface area contributed by atoms with Crippen LogP contribution in [0.25, 0.3) is 0 Å². The number of aromatic amines is 1. The summed E-state index contributed by atoms with van der Waals surface area (Å²) in [6.07, 6.45) is 3.51. The molecule has 11 nitrogen and oxygen atoms in total. The Labute approximate surface area is 255 Å². The maximum atomic E-state index is 13.4. The van der Waals surface area contributed by atoms with E-state index in [1.165, 1.54) is 0 Å². The fourth-order valence-electron chi connectivity index (χ4n) is 7.62. The minimum absolute atomic E-state index is 0.0947. The van der Waals surface area contributed by atoms with Crippen LogP contribution in [0.15, 0.2) is 46.3 Å². The molecule has 1 aliphatic carbocycles. The summed E-state index contributed by atoms with van der Waals surface area (Å²) in [5.74, 6) is -5.09. The summed E-state index contributed by atoms with van der Waals surface area (Å²) in [5, 5.41) is 28.6. The van der Waals surface area contributed by atoms with Crippen molar-refractivity contribution in [2.45, 2.75) is 84.8 Å². The van der Waals surface area contributed by atoms with Gasteiger partial charge in [0.05, 0.1) is 18.0 Å². The predicted octanol–water partition coefficient (Wildman–Crippen LogP) is 2.41. The molecular weight excluding hydrogens is 564 g/mol. The lowest BCUT2D eigenvalue weighted by molar-refractivity contribution is -0.140. The van der Waals surface area contributed by atoms with Crippen LogP contribution in [-0.2, 0) is 43.2 Å². The highest BCUT2D eigenvalue weighted by atomic mass is 16.4. The molecule has 6 N–H and O–H groups in total. The maximum absolute atomic E-state index is 13.4. The second-order valence-electron chi connectivity index (χ2n) is 12.4. The van der Waals surface area contributed by atoms with Gasteiger partial charge >= 0.3 is 11.9 Å². The van der Waals surface area contributed by atoms with Crippen LogP contribution in [0.2, 0.25) is 0 Å². The number of carbonyl (C=O) groups is 5. The summed E-state index contributed by atoms with van der Waals surface area (Å²) in [4.78, 5) is 66.0. The Morgan fingerprint density at radius 3 is 2.34 bits per heavy atom. The number of fused-ring (bicyclic) bond motifs is 1. The lowest BCUT2D eigenvalue weighted by Crippen LogP contribution is -2.35. The molecule has 44 heavy (non-hydrogen) atoms. The number of aromatic nitrogens is 1. The number of hydrogen-bond donors (Lipinski definition) is 6. The van der Waals surface area contributed by atoms with E-state index >= 15 is 0 Å². The zero-order chi connectivity index (χ0) is 32.2. The van der Waals surface area contributed by atoms with Crippen LogP contribution in [0.1, 0.15) is 63.1 Å². The van der Waals surface area contributed by atoms with Gasteiger partial charge in [0.25, 0.3) is 0 Å². The van der Waals surface area contributed by atoms with Gasteiger partial charge in [-0.25, -0.2) is 4.79 Å². The SMILES string of the molecule is C=CC1=C(C)C(=O)NC1Cc1[nH]c(CC2=C(C)C3C(=O)C(=O)/C(=C4\N[C@H](C(=O)O)[C@@H](C)[C@@H]4CCC(=O)O)C3N2)c(CC)c1C. The van der Waals surface area contributed by atoms with E-state index in [1.807, 2.05) is 6.92 Å². The third kappa shape index (κ3) is 4.97. The van der Waals surface area contributed by atoms with Gasteiger partial charge in [0.1, 0.15) is 6.04 Å². The second kappa shape index (κ2) is 11.6. The molecule has 3 aliphatic heterocycles. The molecule has 0 radical (unpaired) electrons. The normalized spacial score (nSPS) is 29.7. The molecule has 4 heterocycles. The molecule has 2 fully saturated rings. The van der Waals surface area contributed by atoms with Crippen molar-refractivity contribution in [3.63, 3.8) is 0 Å². The Morgan fingerprint density at radius 2 is 1.73 bits per heavy atom. The van der Waals surface area contributed by atoms with Crippen LogP contribution in [0.4, 0.5) is 0 Å². The smallest absolute Gasteiger partial charge is 0.326 e. The van der Waals surface area contributed by atoms with Gasteiger partial charge in [-0.2, -0.15) is 0 Å². The molecule has 0 bridgehead atoms. The molecule has 3 unspecified atom stereocenters. The molecule has 1 aromatic rings. The Kier molecular flexibility index (Phi) is 8.17. The lowest BCUT2D eigenvalue weighted by Gasteiger charge is -2.20. The average molecular weight is 605 g/mol. The Hall–Kier alpha value is -4.41. The molecule has 1 saturated carbocycles. The molecule has 5 rings (SSSR count). The number of nitrogens with one attached hydrogen (secondary N) is 4. The first-order valence-electron chi connectivity index (χ1n) is 15.1. The third-order valence-electron chi connectivity index (χ3n) is 10.1. The minimum Gasteiger partial charge on any atom is -0.481 e. The van der Waals surface area contributed by atoms with E-state index in [0.717, 1.165) is 45.8 Å². The number of ketones is 2. The topological polar surface area (TPSA) is 178 Å². The van der Waals surface area contributed by atoms with E-state index in [0.29, 0.717) is 24.1 Å². The van der Waals surface area contributed by atoms with E-state index < -0.39 is 53.3 Å². The highest BCUT2D eigenvalue weighted by Gasteiger charge is 2.54. The average Bonchev–Trinajstić information content (AvgIpc) is 3.69. The van der Waals surface area contributed by atoms with Crippen molar-refractivity contribution < 1.29 is 34.2 Å². The van der Waals surface area contributed by atoms with Gasteiger partial charge in [-0.15, -0.1) is 0 Å². The summed E-state index contributed by atoms with van der Waals surface area (Å²) < 4.78 is 0. The zero-order valence-corrected chi connectivity index (χ0v) is 25.7. The van der Waals surface area contributed by atoms with Gasteiger partial charge in [-0.05, 0) is 61.8 Å². The van der Waals surface area contributed by atoms with Gasteiger partial charge in [-0.3, -0.25) is 19.2 Å². The van der Waals surface area contributed by atoms with E-state index in [2.05, 4.69) is 41.4 Å². The summed E-state index contributed by atoms with van der Waals surface area (Å²) in [6, 6.07) is -1.83. The van der Waals surface area contributed by atoms with Gasteiger partial charge < -0.3 is 31.1 Å². The van der Waals surface area contributed by atoms with Gasteiger partial charge in [-0.1, -0.05) is 26.5 Å². The number of Topliss-reactive ketones (excluding diaryl/α,β-unsaturated/α-hetero) is 2. The molecule has 11 heteroatoms. The van der Waals surface area contributed by atoms with E-state index in [1.54, 1.807) is 19.9 Å². The number of aliphatic carboxylic acids is 2. The molecule has 0 aromatic carbocycles. The Morgan fingerprint density at radius 1 is 1.02 bits per heavy atom. The first-order chi connectivity index (χ1) is 20.8. The largest absolute Gasteiger partial charge is 0.481 e. The van der Waals surface area contributed by atoms with Gasteiger partial charge in [0.2, 0.25) is 17.5 Å². The number of rotatable bonds is 10. The van der Waals surface area contributed by atoms with E-state index in [9.17, 15) is 34.2 Å². The number of H-pyrrole nitrogens is 1. The molecular formula is C33H40N4O7. The third-order valence-corrected chi connectivity index (χ3v) is 10.1. The van der Waals surface area contributed by atoms with Crippen LogP contribution in [0.5, 0.6) is 0 Å². The van der Waals surface area contributed by atoms with E-state index in [4.69, 9.17) is 0 Å². The molecule has 1 aromatic heterocycles. The first-order valence-corrected chi connectivity index (χ1v) is 15.1. The fraction of sp³-hybridized carbons (Fsp3) is 0.485. The summed E-state index contributed by atoms with van der Waals surface area (Å²) in [6.45, 7) is 13.4. The number of hydrogen-bond acceptors (Lipinski definition) is 7. The summed E-state index contributed by atoms with van der Waals surface area (Å²) >= 11 is 0. The van der Waals surface area contributed by atoms with Crippen LogP contribution in [0.3, 0.4) is 0 Å². The van der Waals surface area contributed by atoms with Crippen molar-refractivity contribution in [3.8, 4) is 0 Å². The van der Waals surface area contributed by atoms with Crippen molar-refractivity contribution >= 4 is 29.4 Å². The number of carboxylic acids is 2. The van der Waals surface area contributed by atoms with Gasteiger partial charge in [0, 0.05) is 59.1 Å². The highest BCUT2D eigenvalue weighted by Crippen LogP contribution is 2.44. The number of carboxylic acid groups (broad SMARTS) is 2. The molecule has 234 valence electrons. The Balaban J connectivity index is 1.45. The molecule has 4 aliphatic rings. The summed E-state index contributed by atoms with van der Waals surface area (Å²) in [5.41, 5.74) is 7.97. The first kappa shape index (κ1) is 31.0. The standard InChI is InChI=1S/C33H40N4O7/c1-7-17-13(3)20(11-23-18(8-2)15(5)32(42)36-23)34-22(17)12-21-16(6)25-29(35-21)26(31(41)30(25)40)28-19(9-10-24(38)39)14(4)27(37-28)33(43)44/h8,14,19,23,25,27,29,34-35,37H,2,7,9-12H2,1,3-6H3,(H,36,42)(H,38,39)(H,43,44)/b28-26-/t14-,19-,23?,25?,27-,29?/m0/s1. The zero-order valence-electron chi connectivity index (χ0n) is 25.7. The molecule has 6 atom stereocenters. The van der Waals surface area contributed by atoms with E-state index in [-0.39, 0.29) is 30.4 Å². The highest BCUT2D eigenvalue weighted by molar-refractivity contribution is 6.48.